The van der Waals surface area contributed by atoms with Crippen molar-refractivity contribution in [1.29, 1.82) is 0 Å². The molecule has 0 bridgehead atoms. The molecule has 0 spiro atoms. The number of β-amino-alcohol motifs (C(OH)–C–C–N with tert-alkyl or cyclic N) is 1. The van der Waals surface area contributed by atoms with Crippen LogP contribution in [0.4, 0.5) is 5.82 Å². The summed E-state index contributed by atoms with van der Waals surface area (Å²) in [5.41, 5.74) is 3.02. The van der Waals surface area contributed by atoms with E-state index in [2.05, 4.69) is 40.3 Å². The van der Waals surface area contributed by atoms with E-state index in [1.165, 1.54) is 0 Å². The van der Waals surface area contributed by atoms with Crippen LogP contribution in [0.3, 0.4) is 0 Å². The Hall–Kier alpha value is -2.92. The van der Waals surface area contributed by atoms with Gasteiger partial charge in [-0.05, 0) is 18.9 Å². The van der Waals surface area contributed by atoms with Crippen LogP contribution in [0.2, 0.25) is 0 Å². The predicted octanol–water partition coefficient (Wildman–Crippen LogP) is 3.80. The Morgan fingerprint density at radius 3 is 2.74 bits per heavy atom. The molecule has 1 aliphatic carbocycles. The van der Waals surface area contributed by atoms with Gasteiger partial charge in [-0.1, -0.05) is 54.6 Å². The Bertz CT molecular complexity index is 1020. The van der Waals surface area contributed by atoms with Crippen molar-refractivity contribution in [2.24, 2.45) is 0 Å². The lowest BCUT2D eigenvalue weighted by Gasteiger charge is -2.18. The minimum atomic E-state index is -0.292. The number of H-pyrrole nitrogens is 1. The van der Waals surface area contributed by atoms with E-state index >= 15 is 0 Å². The number of aliphatic hydroxyl groups is 1. The zero-order chi connectivity index (χ0) is 18.2. The SMILES string of the molecule is O[C@@H]1CCN(c2nc(-c3ccccc3)nc3[nH]c(C4C=CC=CC4)cc23)C1. The number of nitrogens with one attached hydrogen (secondary N) is 1. The summed E-state index contributed by atoms with van der Waals surface area (Å²) in [5.74, 6) is 1.96. The van der Waals surface area contributed by atoms with Crippen molar-refractivity contribution in [3.8, 4) is 11.4 Å². The molecule has 5 rings (SSSR count). The van der Waals surface area contributed by atoms with Gasteiger partial charge in [-0.2, -0.15) is 0 Å². The zero-order valence-electron chi connectivity index (χ0n) is 15.0. The molecule has 2 aromatic heterocycles. The van der Waals surface area contributed by atoms with Gasteiger partial charge in [0.1, 0.15) is 11.5 Å². The number of benzene rings is 1. The Kier molecular flexibility index (Phi) is 4.02. The highest BCUT2D eigenvalue weighted by Gasteiger charge is 2.25. The molecule has 1 fully saturated rings. The Labute approximate surface area is 158 Å². The van der Waals surface area contributed by atoms with E-state index in [0.717, 1.165) is 47.5 Å². The van der Waals surface area contributed by atoms with Crippen LogP contribution in [-0.2, 0) is 0 Å². The van der Waals surface area contributed by atoms with Crippen molar-refractivity contribution in [1.82, 2.24) is 15.0 Å². The maximum absolute atomic E-state index is 10.0. The van der Waals surface area contributed by atoms with Crippen molar-refractivity contribution in [3.63, 3.8) is 0 Å². The molecule has 1 aromatic carbocycles. The van der Waals surface area contributed by atoms with E-state index in [4.69, 9.17) is 9.97 Å². The van der Waals surface area contributed by atoms with Gasteiger partial charge >= 0.3 is 0 Å². The highest BCUT2D eigenvalue weighted by atomic mass is 16.3. The molecule has 1 saturated heterocycles. The number of anilines is 1. The molecular weight excluding hydrogens is 336 g/mol. The Balaban J connectivity index is 1.65. The summed E-state index contributed by atoms with van der Waals surface area (Å²) in [6, 6.07) is 12.2. The first-order valence-electron chi connectivity index (χ1n) is 9.50. The summed E-state index contributed by atoms with van der Waals surface area (Å²) in [6.07, 6.45) is 10.1. The fourth-order valence-corrected chi connectivity index (χ4v) is 3.92. The van der Waals surface area contributed by atoms with Crippen LogP contribution < -0.4 is 4.90 Å². The summed E-state index contributed by atoms with van der Waals surface area (Å²) in [5, 5.41) is 11.0. The lowest BCUT2D eigenvalue weighted by Crippen LogP contribution is -2.22. The van der Waals surface area contributed by atoms with Gasteiger partial charge in [-0.25, -0.2) is 9.97 Å². The lowest BCUT2D eigenvalue weighted by atomic mass is 9.97. The van der Waals surface area contributed by atoms with Gasteiger partial charge in [-0.15, -0.1) is 0 Å². The van der Waals surface area contributed by atoms with E-state index < -0.39 is 0 Å². The third kappa shape index (κ3) is 3.04. The Morgan fingerprint density at radius 2 is 2.00 bits per heavy atom. The number of hydrogen-bond acceptors (Lipinski definition) is 4. The van der Waals surface area contributed by atoms with Crippen LogP contribution in [0.25, 0.3) is 22.4 Å². The van der Waals surface area contributed by atoms with E-state index in [-0.39, 0.29) is 6.10 Å². The topological polar surface area (TPSA) is 65.0 Å². The fraction of sp³-hybridized carbons (Fsp3) is 0.273. The van der Waals surface area contributed by atoms with Gasteiger partial charge in [-0.3, -0.25) is 0 Å². The molecule has 2 atom stereocenters. The largest absolute Gasteiger partial charge is 0.391 e. The molecule has 5 nitrogen and oxygen atoms in total. The molecule has 136 valence electrons. The number of hydrogen-bond donors (Lipinski definition) is 2. The van der Waals surface area contributed by atoms with Crippen LogP contribution in [0.5, 0.6) is 0 Å². The summed E-state index contributed by atoms with van der Waals surface area (Å²) < 4.78 is 0. The van der Waals surface area contributed by atoms with Gasteiger partial charge in [0.15, 0.2) is 5.82 Å². The molecule has 1 aliphatic heterocycles. The Morgan fingerprint density at radius 1 is 1.11 bits per heavy atom. The van der Waals surface area contributed by atoms with E-state index in [1.807, 2.05) is 30.3 Å². The molecule has 3 heterocycles. The average molecular weight is 358 g/mol. The predicted molar refractivity (Wildman–Crippen MR) is 108 cm³/mol. The minimum absolute atomic E-state index is 0.292. The molecule has 1 unspecified atom stereocenters. The highest BCUT2D eigenvalue weighted by Crippen LogP contribution is 2.33. The van der Waals surface area contributed by atoms with E-state index in [0.29, 0.717) is 18.3 Å². The number of fused-ring (bicyclic) bond motifs is 1. The number of aromatic amines is 1. The van der Waals surface area contributed by atoms with Crippen molar-refractivity contribution in [2.45, 2.75) is 24.9 Å². The van der Waals surface area contributed by atoms with Crippen LogP contribution in [0.1, 0.15) is 24.5 Å². The molecule has 0 amide bonds. The first-order valence-corrected chi connectivity index (χ1v) is 9.50. The molecule has 0 saturated carbocycles. The summed E-state index contributed by atoms with van der Waals surface area (Å²) in [6.45, 7) is 1.43. The first-order chi connectivity index (χ1) is 13.3. The third-order valence-electron chi connectivity index (χ3n) is 5.36. The monoisotopic (exact) mass is 358 g/mol. The summed E-state index contributed by atoms with van der Waals surface area (Å²) in [7, 11) is 0. The molecule has 0 radical (unpaired) electrons. The van der Waals surface area contributed by atoms with Gasteiger partial charge in [0.2, 0.25) is 0 Å². The first kappa shape index (κ1) is 16.3. The number of rotatable bonds is 3. The van der Waals surface area contributed by atoms with E-state index in [9.17, 15) is 5.11 Å². The highest BCUT2D eigenvalue weighted by molar-refractivity contribution is 5.90. The number of aromatic nitrogens is 3. The van der Waals surface area contributed by atoms with Crippen molar-refractivity contribution in [2.75, 3.05) is 18.0 Å². The van der Waals surface area contributed by atoms with Crippen molar-refractivity contribution >= 4 is 16.9 Å². The number of aliphatic hydroxyl groups excluding tert-OH is 1. The molecule has 27 heavy (non-hydrogen) atoms. The molecule has 5 heteroatoms. The van der Waals surface area contributed by atoms with Gasteiger partial charge in [0.25, 0.3) is 0 Å². The standard InChI is InChI=1S/C22H22N4O/c27-17-11-12-26(14-17)22-18-13-19(15-7-3-1-4-8-15)23-21(18)24-20(25-22)16-9-5-2-6-10-16/h1-7,9-10,13,15,17,27H,8,11-12,14H2,(H,23,24,25)/t15?,17-/m1/s1. The van der Waals surface area contributed by atoms with Gasteiger partial charge in [0.05, 0.1) is 11.5 Å². The van der Waals surface area contributed by atoms with Crippen LogP contribution in [-0.4, -0.2) is 39.3 Å². The van der Waals surface area contributed by atoms with Crippen LogP contribution in [0, 0.1) is 0 Å². The molecule has 2 N–H and O–H groups in total. The molecular formula is C22H22N4O. The van der Waals surface area contributed by atoms with Crippen molar-refractivity contribution < 1.29 is 5.11 Å². The van der Waals surface area contributed by atoms with Crippen molar-refractivity contribution in [3.05, 3.63) is 66.4 Å². The second-order valence-electron chi connectivity index (χ2n) is 7.27. The second kappa shape index (κ2) is 6.67. The summed E-state index contributed by atoms with van der Waals surface area (Å²) in [4.78, 5) is 15.4. The molecule has 3 aromatic rings. The van der Waals surface area contributed by atoms with E-state index in [1.54, 1.807) is 0 Å². The van der Waals surface area contributed by atoms with Crippen LogP contribution in [0.15, 0.2) is 60.7 Å². The number of nitrogens with zero attached hydrogens (tertiary/aromatic N) is 3. The normalized spacial score (nSPS) is 22.0. The van der Waals surface area contributed by atoms with Crippen LogP contribution >= 0.6 is 0 Å². The summed E-state index contributed by atoms with van der Waals surface area (Å²) >= 11 is 0. The maximum atomic E-state index is 10.0. The smallest absolute Gasteiger partial charge is 0.163 e. The third-order valence-corrected chi connectivity index (χ3v) is 5.36. The van der Waals surface area contributed by atoms with Gasteiger partial charge < -0.3 is 15.0 Å². The van der Waals surface area contributed by atoms with Gasteiger partial charge in [0, 0.05) is 30.3 Å². The fourth-order valence-electron chi connectivity index (χ4n) is 3.92. The second-order valence-corrected chi connectivity index (χ2v) is 7.27. The number of allylic oxidation sites excluding steroid dienone is 4. The average Bonchev–Trinajstić information content (AvgIpc) is 3.35. The lowest BCUT2D eigenvalue weighted by molar-refractivity contribution is 0.198. The zero-order valence-corrected chi connectivity index (χ0v) is 15.0. The maximum Gasteiger partial charge on any atom is 0.163 e. The molecule has 2 aliphatic rings. The minimum Gasteiger partial charge on any atom is -0.391 e. The quantitative estimate of drug-likeness (QED) is 0.747.